The van der Waals surface area contributed by atoms with Crippen molar-refractivity contribution in [2.24, 2.45) is 0 Å². The summed E-state index contributed by atoms with van der Waals surface area (Å²) in [5.41, 5.74) is 0.886. The van der Waals surface area contributed by atoms with Crippen LogP contribution in [0.2, 0.25) is 0 Å². The van der Waals surface area contributed by atoms with Gasteiger partial charge in [0.1, 0.15) is 6.04 Å². The van der Waals surface area contributed by atoms with Crippen LogP contribution in [0, 0.1) is 6.92 Å². The number of carboxylic acid groups (broad SMARTS) is 1. The minimum absolute atomic E-state index is 0.219. The van der Waals surface area contributed by atoms with Gasteiger partial charge in [0, 0.05) is 16.2 Å². The Balaban J connectivity index is 1.96. The van der Waals surface area contributed by atoms with Gasteiger partial charge in [0.25, 0.3) is 0 Å². The van der Waals surface area contributed by atoms with Crippen LogP contribution in [-0.4, -0.2) is 23.0 Å². The minimum atomic E-state index is -1.02. The fourth-order valence-corrected chi connectivity index (χ4v) is 2.92. The van der Waals surface area contributed by atoms with E-state index in [9.17, 15) is 14.7 Å². The van der Waals surface area contributed by atoms with Crippen LogP contribution >= 0.6 is 11.3 Å². The molecular weight excluding hydrogens is 286 g/mol. The van der Waals surface area contributed by atoms with Gasteiger partial charge in [-0.25, -0.2) is 4.79 Å². The van der Waals surface area contributed by atoms with E-state index in [1.165, 1.54) is 0 Å². The first-order valence-corrected chi connectivity index (χ1v) is 7.47. The fraction of sp³-hybridized carbons (Fsp3) is 0.250. The molecule has 0 saturated carbocycles. The van der Waals surface area contributed by atoms with Gasteiger partial charge >= 0.3 is 5.97 Å². The fourth-order valence-electron chi connectivity index (χ4n) is 2.03. The number of thiophene rings is 1. The largest absolute Gasteiger partial charge is 0.480 e. The molecule has 5 heteroatoms. The SMILES string of the molecule is Cc1ccc(CC(=O)N[C@H](Cc2ccccc2)C(=O)O)s1. The zero-order valence-electron chi connectivity index (χ0n) is 11.7. The molecule has 0 radical (unpaired) electrons. The predicted molar refractivity (Wildman–Crippen MR) is 82.5 cm³/mol. The first-order chi connectivity index (χ1) is 10.0. The van der Waals surface area contributed by atoms with E-state index in [0.717, 1.165) is 15.3 Å². The predicted octanol–water partition coefficient (Wildman–Crippen LogP) is 2.41. The number of carbonyl (C=O) groups excluding carboxylic acids is 1. The van der Waals surface area contributed by atoms with Gasteiger partial charge < -0.3 is 10.4 Å². The van der Waals surface area contributed by atoms with E-state index in [-0.39, 0.29) is 18.7 Å². The average Bonchev–Trinajstić information content (AvgIpc) is 2.84. The summed E-state index contributed by atoms with van der Waals surface area (Å²) in [6.07, 6.45) is 0.502. The van der Waals surface area contributed by atoms with Gasteiger partial charge in [-0.2, -0.15) is 0 Å². The summed E-state index contributed by atoms with van der Waals surface area (Å²) in [5.74, 6) is -1.28. The van der Waals surface area contributed by atoms with Gasteiger partial charge in [0.05, 0.1) is 6.42 Å². The molecule has 110 valence electrons. The Bertz CT molecular complexity index is 621. The highest BCUT2D eigenvalue weighted by atomic mass is 32.1. The highest BCUT2D eigenvalue weighted by molar-refractivity contribution is 7.12. The molecule has 1 heterocycles. The number of benzene rings is 1. The van der Waals surface area contributed by atoms with Crippen molar-refractivity contribution in [1.29, 1.82) is 0 Å². The summed E-state index contributed by atoms with van der Waals surface area (Å²) < 4.78 is 0. The van der Waals surface area contributed by atoms with Crippen LogP contribution in [0.15, 0.2) is 42.5 Å². The monoisotopic (exact) mass is 303 g/mol. The second-order valence-electron chi connectivity index (χ2n) is 4.84. The smallest absolute Gasteiger partial charge is 0.326 e. The molecule has 0 unspecified atom stereocenters. The average molecular weight is 303 g/mol. The molecule has 0 aliphatic rings. The van der Waals surface area contributed by atoms with Gasteiger partial charge in [0.2, 0.25) is 5.91 Å². The molecule has 0 saturated heterocycles. The highest BCUT2D eigenvalue weighted by Crippen LogP contribution is 2.15. The molecule has 2 aromatic rings. The summed E-state index contributed by atoms with van der Waals surface area (Å²) in [4.78, 5) is 25.3. The maximum Gasteiger partial charge on any atom is 0.326 e. The normalized spacial score (nSPS) is 11.9. The van der Waals surface area contributed by atoms with Crippen LogP contribution in [0.5, 0.6) is 0 Å². The Labute approximate surface area is 127 Å². The molecule has 0 aliphatic carbocycles. The van der Waals surface area contributed by atoms with Crippen LogP contribution in [-0.2, 0) is 22.4 Å². The molecule has 1 aromatic heterocycles. The lowest BCUT2D eigenvalue weighted by molar-refractivity contribution is -0.141. The van der Waals surface area contributed by atoms with E-state index in [4.69, 9.17) is 0 Å². The lowest BCUT2D eigenvalue weighted by Gasteiger charge is -2.14. The van der Waals surface area contributed by atoms with Gasteiger partial charge in [-0.1, -0.05) is 30.3 Å². The summed E-state index contributed by atoms with van der Waals surface area (Å²) >= 11 is 1.55. The maximum absolute atomic E-state index is 12.0. The van der Waals surface area contributed by atoms with Crippen LogP contribution in [0.25, 0.3) is 0 Å². The molecule has 4 nitrogen and oxygen atoms in total. The maximum atomic E-state index is 12.0. The summed E-state index contributed by atoms with van der Waals surface area (Å²) in [6, 6.07) is 12.2. The van der Waals surface area contributed by atoms with E-state index in [2.05, 4.69) is 5.32 Å². The number of nitrogens with one attached hydrogen (secondary N) is 1. The zero-order chi connectivity index (χ0) is 15.2. The van der Waals surface area contributed by atoms with Crippen molar-refractivity contribution in [3.8, 4) is 0 Å². The third kappa shape index (κ3) is 4.72. The molecule has 0 spiro atoms. The van der Waals surface area contributed by atoms with Gasteiger partial charge in [0.15, 0.2) is 0 Å². The van der Waals surface area contributed by atoms with Gasteiger partial charge in [-0.15, -0.1) is 11.3 Å². The van der Waals surface area contributed by atoms with Crippen molar-refractivity contribution in [3.05, 3.63) is 57.8 Å². The molecule has 1 atom stereocenters. The lowest BCUT2D eigenvalue weighted by Crippen LogP contribution is -2.42. The Kier molecular flexibility index (Phi) is 5.11. The highest BCUT2D eigenvalue weighted by Gasteiger charge is 2.20. The summed E-state index contributed by atoms with van der Waals surface area (Å²) in [5, 5.41) is 11.8. The van der Waals surface area contributed by atoms with Gasteiger partial charge in [-0.3, -0.25) is 4.79 Å². The molecule has 21 heavy (non-hydrogen) atoms. The van der Waals surface area contributed by atoms with Crippen molar-refractivity contribution >= 4 is 23.2 Å². The number of carbonyl (C=O) groups is 2. The molecule has 2 N–H and O–H groups in total. The molecule has 0 fully saturated rings. The van der Waals surface area contributed by atoms with Crippen LogP contribution in [0.4, 0.5) is 0 Å². The van der Waals surface area contributed by atoms with Crippen LogP contribution < -0.4 is 5.32 Å². The molecule has 1 amide bonds. The van der Waals surface area contributed by atoms with E-state index in [1.807, 2.05) is 49.4 Å². The summed E-state index contributed by atoms with van der Waals surface area (Å²) in [7, 11) is 0. The number of aryl methyl sites for hydroxylation is 1. The quantitative estimate of drug-likeness (QED) is 0.861. The molecule has 0 bridgehead atoms. The Hall–Kier alpha value is -2.14. The number of rotatable bonds is 6. The number of hydrogen-bond acceptors (Lipinski definition) is 3. The number of hydrogen-bond donors (Lipinski definition) is 2. The second-order valence-corrected chi connectivity index (χ2v) is 6.21. The van der Waals surface area contributed by atoms with E-state index < -0.39 is 12.0 Å². The van der Waals surface area contributed by atoms with Crippen molar-refractivity contribution in [1.82, 2.24) is 5.32 Å². The molecule has 0 aliphatic heterocycles. The van der Waals surface area contributed by atoms with E-state index in [1.54, 1.807) is 11.3 Å². The lowest BCUT2D eigenvalue weighted by atomic mass is 10.1. The van der Waals surface area contributed by atoms with Crippen molar-refractivity contribution < 1.29 is 14.7 Å². The van der Waals surface area contributed by atoms with Crippen LogP contribution in [0.3, 0.4) is 0 Å². The third-order valence-electron chi connectivity index (χ3n) is 3.05. The zero-order valence-corrected chi connectivity index (χ0v) is 12.5. The van der Waals surface area contributed by atoms with Crippen molar-refractivity contribution in [3.63, 3.8) is 0 Å². The first kappa shape index (κ1) is 15.3. The molecule has 2 rings (SSSR count). The van der Waals surface area contributed by atoms with E-state index in [0.29, 0.717) is 0 Å². The van der Waals surface area contributed by atoms with Crippen LogP contribution in [0.1, 0.15) is 15.3 Å². The van der Waals surface area contributed by atoms with Gasteiger partial charge in [-0.05, 0) is 24.6 Å². The molecule has 1 aromatic carbocycles. The number of carboxylic acids is 1. The Morgan fingerprint density at radius 3 is 2.48 bits per heavy atom. The third-order valence-corrected chi connectivity index (χ3v) is 4.05. The van der Waals surface area contributed by atoms with Crippen molar-refractivity contribution in [2.45, 2.75) is 25.8 Å². The van der Waals surface area contributed by atoms with Crippen molar-refractivity contribution in [2.75, 3.05) is 0 Å². The topological polar surface area (TPSA) is 66.4 Å². The minimum Gasteiger partial charge on any atom is -0.480 e. The summed E-state index contributed by atoms with van der Waals surface area (Å²) in [6.45, 7) is 1.97. The molecular formula is C16H17NO3S. The number of amides is 1. The second kappa shape index (κ2) is 7.04. The Morgan fingerprint density at radius 1 is 1.19 bits per heavy atom. The standard InChI is InChI=1S/C16H17NO3S/c1-11-7-8-13(21-11)10-15(18)17-14(16(19)20)9-12-5-3-2-4-6-12/h2-8,14H,9-10H2,1H3,(H,17,18)(H,19,20)/t14-/m1/s1. The number of aliphatic carboxylic acids is 1. The Morgan fingerprint density at radius 2 is 1.90 bits per heavy atom. The first-order valence-electron chi connectivity index (χ1n) is 6.66. The van der Waals surface area contributed by atoms with E-state index >= 15 is 0 Å².